The van der Waals surface area contributed by atoms with Gasteiger partial charge in [0.25, 0.3) is 0 Å². The van der Waals surface area contributed by atoms with E-state index in [0.717, 1.165) is 29.7 Å². The van der Waals surface area contributed by atoms with Crippen LogP contribution in [0.2, 0.25) is 0 Å². The summed E-state index contributed by atoms with van der Waals surface area (Å²) in [6.45, 7) is 3.07. The highest BCUT2D eigenvalue weighted by atomic mass is 16.3. The summed E-state index contributed by atoms with van der Waals surface area (Å²) in [4.78, 5) is 21.7. The van der Waals surface area contributed by atoms with Gasteiger partial charge in [-0.2, -0.15) is 5.10 Å². The van der Waals surface area contributed by atoms with Gasteiger partial charge in [-0.25, -0.2) is 0 Å². The fourth-order valence-corrected chi connectivity index (χ4v) is 3.71. The SMILES string of the molecule is CN(C)CCNc1ccc2c3c(nn2CCN(C)C)-c2cncc(O)c2C(=O)c13. The first kappa shape index (κ1) is 19.4. The summed E-state index contributed by atoms with van der Waals surface area (Å²) in [5, 5.41) is 19.4. The Morgan fingerprint density at radius 1 is 1.07 bits per heavy atom. The van der Waals surface area contributed by atoms with Crippen LogP contribution in [-0.2, 0) is 6.54 Å². The Labute approximate surface area is 169 Å². The van der Waals surface area contributed by atoms with Crippen molar-refractivity contribution in [1.29, 1.82) is 0 Å². The molecule has 8 nitrogen and oxygen atoms in total. The number of carbonyl (C=O) groups excluding carboxylic acids is 1. The van der Waals surface area contributed by atoms with Crippen LogP contribution in [-0.4, -0.2) is 83.3 Å². The second kappa shape index (κ2) is 7.46. The number of hydrogen-bond acceptors (Lipinski definition) is 7. The summed E-state index contributed by atoms with van der Waals surface area (Å²) in [6.07, 6.45) is 2.92. The average Bonchev–Trinajstić information content (AvgIpc) is 3.03. The molecule has 2 N–H and O–H groups in total. The summed E-state index contributed by atoms with van der Waals surface area (Å²) in [6, 6.07) is 3.95. The number of aromatic nitrogens is 3. The quantitative estimate of drug-likeness (QED) is 0.495. The van der Waals surface area contributed by atoms with E-state index in [1.54, 1.807) is 6.20 Å². The molecule has 0 bridgehead atoms. The minimum atomic E-state index is -0.197. The van der Waals surface area contributed by atoms with Crippen LogP contribution in [0.1, 0.15) is 15.9 Å². The summed E-state index contributed by atoms with van der Waals surface area (Å²) < 4.78 is 1.93. The van der Waals surface area contributed by atoms with Crippen LogP contribution in [0.15, 0.2) is 24.5 Å². The van der Waals surface area contributed by atoms with Crippen LogP contribution in [0.4, 0.5) is 5.69 Å². The van der Waals surface area contributed by atoms with Gasteiger partial charge in [0, 0.05) is 42.5 Å². The predicted molar refractivity (Wildman–Crippen MR) is 114 cm³/mol. The van der Waals surface area contributed by atoms with Crippen molar-refractivity contribution in [1.82, 2.24) is 24.6 Å². The van der Waals surface area contributed by atoms with Gasteiger partial charge in [-0.15, -0.1) is 0 Å². The third-order valence-corrected chi connectivity index (χ3v) is 5.19. The number of anilines is 1. The molecule has 2 heterocycles. The Morgan fingerprint density at radius 3 is 2.55 bits per heavy atom. The van der Waals surface area contributed by atoms with E-state index in [2.05, 4.69) is 20.1 Å². The first-order valence-corrected chi connectivity index (χ1v) is 9.67. The molecule has 0 spiro atoms. The molecule has 0 unspecified atom stereocenters. The lowest BCUT2D eigenvalue weighted by molar-refractivity contribution is 0.103. The van der Waals surface area contributed by atoms with E-state index in [9.17, 15) is 9.90 Å². The van der Waals surface area contributed by atoms with Crippen LogP contribution in [0, 0.1) is 0 Å². The Balaban J connectivity index is 1.90. The second-order valence-corrected chi connectivity index (χ2v) is 7.90. The van der Waals surface area contributed by atoms with Crippen LogP contribution in [0.25, 0.3) is 22.2 Å². The van der Waals surface area contributed by atoms with E-state index in [-0.39, 0.29) is 17.1 Å². The highest BCUT2D eigenvalue weighted by Crippen LogP contribution is 2.43. The number of nitrogens with zero attached hydrogens (tertiary/aromatic N) is 5. The molecule has 2 aromatic heterocycles. The van der Waals surface area contributed by atoms with Crippen molar-refractivity contribution in [3.63, 3.8) is 0 Å². The monoisotopic (exact) mass is 394 g/mol. The van der Waals surface area contributed by atoms with Gasteiger partial charge >= 0.3 is 0 Å². The number of ketones is 1. The van der Waals surface area contributed by atoms with Gasteiger partial charge in [0.1, 0.15) is 11.4 Å². The Bertz CT molecular complexity index is 1090. The van der Waals surface area contributed by atoms with E-state index in [0.29, 0.717) is 29.9 Å². The van der Waals surface area contributed by atoms with Crippen molar-refractivity contribution >= 4 is 22.4 Å². The number of benzene rings is 1. The number of pyridine rings is 1. The van der Waals surface area contributed by atoms with Crippen LogP contribution < -0.4 is 5.32 Å². The van der Waals surface area contributed by atoms with Gasteiger partial charge in [-0.1, -0.05) is 0 Å². The molecule has 1 aliphatic rings. The Hall–Kier alpha value is -2.97. The lowest BCUT2D eigenvalue weighted by Crippen LogP contribution is -2.22. The van der Waals surface area contributed by atoms with Gasteiger partial charge in [0.05, 0.1) is 29.4 Å². The largest absolute Gasteiger partial charge is 0.506 e. The second-order valence-electron chi connectivity index (χ2n) is 7.90. The topological polar surface area (TPSA) is 86.5 Å². The molecule has 0 saturated carbocycles. The zero-order valence-electron chi connectivity index (χ0n) is 17.2. The van der Waals surface area contributed by atoms with E-state index >= 15 is 0 Å². The number of nitrogens with one attached hydrogen (secondary N) is 1. The molecule has 3 aromatic rings. The molecular weight excluding hydrogens is 368 g/mol. The van der Waals surface area contributed by atoms with E-state index < -0.39 is 0 Å². The summed E-state index contributed by atoms with van der Waals surface area (Å²) >= 11 is 0. The summed E-state index contributed by atoms with van der Waals surface area (Å²) in [5.74, 6) is -0.310. The van der Waals surface area contributed by atoms with Crippen molar-refractivity contribution in [2.45, 2.75) is 6.54 Å². The van der Waals surface area contributed by atoms with E-state index in [1.165, 1.54) is 6.20 Å². The maximum absolute atomic E-state index is 13.4. The lowest BCUT2D eigenvalue weighted by atomic mass is 9.87. The fourth-order valence-electron chi connectivity index (χ4n) is 3.71. The maximum atomic E-state index is 13.4. The van der Waals surface area contributed by atoms with Gasteiger partial charge < -0.3 is 20.2 Å². The van der Waals surface area contributed by atoms with Crippen LogP contribution in [0.3, 0.4) is 0 Å². The Kier molecular flexibility index (Phi) is 4.97. The van der Waals surface area contributed by atoms with Crippen molar-refractivity contribution in [2.75, 3.05) is 53.1 Å². The molecule has 8 heteroatoms. The van der Waals surface area contributed by atoms with Crippen molar-refractivity contribution in [3.05, 3.63) is 35.7 Å². The molecule has 0 atom stereocenters. The molecule has 1 aliphatic carbocycles. The number of fused-ring (bicyclic) bond motifs is 2. The molecule has 0 amide bonds. The standard InChI is InChI=1S/C21H26N6O2/c1-25(2)8-7-23-14-5-6-15-19-18(14)21(29)17-13(11-22-12-16(17)28)20(19)24-27(15)10-9-26(3)4/h5-6,11-12,23,28H,7-10H2,1-4H3. The van der Waals surface area contributed by atoms with Gasteiger partial charge in [-0.3, -0.25) is 14.5 Å². The van der Waals surface area contributed by atoms with Gasteiger partial charge in [0.2, 0.25) is 0 Å². The summed E-state index contributed by atoms with van der Waals surface area (Å²) in [5.41, 5.74) is 3.80. The molecule has 1 aromatic carbocycles. The van der Waals surface area contributed by atoms with Crippen molar-refractivity contribution < 1.29 is 9.90 Å². The lowest BCUT2D eigenvalue weighted by Gasteiger charge is -2.19. The number of aromatic hydroxyl groups is 1. The number of rotatable bonds is 7. The van der Waals surface area contributed by atoms with Crippen molar-refractivity contribution in [3.8, 4) is 17.0 Å². The van der Waals surface area contributed by atoms with Gasteiger partial charge in [-0.05, 0) is 40.3 Å². The molecule has 152 valence electrons. The first-order valence-electron chi connectivity index (χ1n) is 9.67. The zero-order valence-corrected chi connectivity index (χ0v) is 17.2. The minimum absolute atomic E-state index is 0.114. The minimum Gasteiger partial charge on any atom is -0.506 e. The highest BCUT2D eigenvalue weighted by molar-refractivity contribution is 6.28. The van der Waals surface area contributed by atoms with Gasteiger partial charge in [0.15, 0.2) is 5.78 Å². The molecule has 0 saturated heterocycles. The molecule has 0 radical (unpaired) electrons. The third-order valence-electron chi connectivity index (χ3n) is 5.19. The number of carbonyl (C=O) groups is 1. The predicted octanol–water partition coefficient (Wildman–Crippen LogP) is 1.88. The zero-order chi connectivity index (χ0) is 20.7. The number of likely N-dealkylation sites (N-methyl/N-ethyl adjacent to an activating group) is 2. The van der Waals surface area contributed by atoms with Crippen LogP contribution >= 0.6 is 0 Å². The van der Waals surface area contributed by atoms with Crippen molar-refractivity contribution in [2.24, 2.45) is 0 Å². The third kappa shape index (κ3) is 3.34. The van der Waals surface area contributed by atoms with E-state index in [4.69, 9.17) is 5.10 Å². The van der Waals surface area contributed by atoms with Crippen LogP contribution in [0.5, 0.6) is 5.75 Å². The summed E-state index contributed by atoms with van der Waals surface area (Å²) in [7, 11) is 8.05. The number of hydrogen-bond donors (Lipinski definition) is 2. The molecule has 0 aliphatic heterocycles. The Morgan fingerprint density at radius 2 is 1.83 bits per heavy atom. The maximum Gasteiger partial charge on any atom is 0.200 e. The first-order chi connectivity index (χ1) is 13.9. The molecule has 0 fully saturated rings. The highest BCUT2D eigenvalue weighted by Gasteiger charge is 2.33. The normalized spacial score (nSPS) is 12.8. The smallest absolute Gasteiger partial charge is 0.200 e. The average molecular weight is 394 g/mol. The molecular formula is C21H26N6O2. The molecule has 4 rings (SSSR count). The van der Waals surface area contributed by atoms with E-state index in [1.807, 2.05) is 45.0 Å². The fraction of sp³-hybridized carbons (Fsp3) is 0.381. The molecule has 29 heavy (non-hydrogen) atoms.